The molecule has 1 saturated carbocycles. The molecule has 2 heterocycles. The van der Waals surface area contributed by atoms with Crippen molar-refractivity contribution in [2.24, 2.45) is 17.8 Å². The summed E-state index contributed by atoms with van der Waals surface area (Å²) in [5.74, 6) is 0.346. The highest BCUT2D eigenvalue weighted by Gasteiger charge is 2.33. The molecule has 2 aliphatic rings. The molecule has 0 spiro atoms. The van der Waals surface area contributed by atoms with Gasteiger partial charge in [-0.3, -0.25) is 10.4 Å². The zero-order valence-corrected chi connectivity index (χ0v) is 17.5. The van der Waals surface area contributed by atoms with Gasteiger partial charge < -0.3 is 15.4 Å². The Morgan fingerprint density at radius 3 is 2.76 bits per heavy atom. The minimum atomic E-state index is -1.13. The summed E-state index contributed by atoms with van der Waals surface area (Å²) in [5.41, 5.74) is 9.37. The first-order valence-corrected chi connectivity index (χ1v) is 10.3. The average Bonchev–Trinajstić information content (AvgIpc) is 3.15. The van der Waals surface area contributed by atoms with Gasteiger partial charge in [0.1, 0.15) is 11.6 Å². The molecule has 0 bridgehead atoms. The van der Waals surface area contributed by atoms with Gasteiger partial charge in [0.15, 0.2) is 0 Å². The smallest absolute Gasteiger partial charge is 0.210 e. The van der Waals surface area contributed by atoms with Crippen molar-refractivity contribution in [2.75, 3.05) is 7.11 Å². The first kappa shape index (κ1) is 19.8. The van der Waals surface area contributed by atoms with Gasteiger partial charge in [-0.1, -0.05) is 30.9 Å². The Labute approximate surface area is 176 Å². The van der Waals surface area contributed by atoms with E-state index in [0.29, 0.717) is 16.8 Å². The highest BCUT2D eigenvalue weighted by molar-refractivity contribution is 6.32. The fraction of sp³-hybridized carbons (Fsp3) is 0.429. The molecule has 4 N–H and O–H groups in total. The van der Waals surface area contributed by atoms with Gasteiger partial charge >= 0.3 is 0 Å². The van der Waals surface area contributed by atoms with Crippen molar-refractivity contribution < 1.29 is 4.74 Å². The Morgan fingerprint density at radius 1 is 1.31 bits per heavy atom. The molecule has 1 aromatic heterocycles. The SMILES string of the molecule is COc1ccc(C2(N)N=CC(c3cnn(C)c3)=C(NC3CCCCC3)N2)cc1Cl. The molecular weight excluding hydrogens is 388 g/mol. The molecular formula is C21H27ClN6O. The molecule has 4 rings (SSSR count). The van der Waals surface area contributed by atoms with Crippen LogP contribution < -0.4 is 21.1 Å². The maximum absolute atomic E-state index is 6.68. The minimum absolute atomic E-state index is 0.410. The molecule has 29 heavy (non-hydrogen) atoms. The van der Waals surface area contributed by atoms with Crippen LogP contribution in [0.5, 0.6) is 5.75 Å². The van der Waals surface area contributed by atoms with E-state index in [0.717, 1.165) is 35.4 Å². The Morgan fingerprint density at radius 2 is 2.10 bits per heavy atom. The van der Waals surface area contributed by atoms with Crippen molar-refractivity contribution in [3.05, 3.63) is 52.6 Å². The minimum Gasteiger partial charge on any atom is -0.495 e. The van der Waals surface area contributed by atoms with Crippen molar-refractivity contribution >= 4 is 23.4 Å². The molecule has 8 heteroatoms. The zero-order valence-electron chi connectivity index (χ0n) is 16.8. The Bertz CT molecular complexity index is 946. The molecule has 2 aromatic rings. The third kappa shape index (κ3) is 4.11. The van der Waals surface area contributed by atoms with Crippen LogP contribution in [0.4, 0.5) is 0 Å². The largest absolute Gasteiger partial charge is 0.495 e. The number of hydrogen-bond donors (Lipinski definition) is 3. The number of nitrogens with zero attached hydrogens (tertiary/aromatic N) is 3. The lowest BCUT2D eigenvalue weighted by molar-refractivity contribution is 0.343. The van der Waals surface area contributed by atoms with Gasteiger partial charge in [0, 0.05) is 42.2 Å². The number of benzene rings is 1. The molecule has 7 nitrogen and oxygen atoms in total. The summed E-state index contributed by atoms with van der Waals surface area (Å²) in [6, 6.07) is 5.88. The van der Waals surface area contributed by atoms with Gasteiger partial charge in [-0.2, -0.15) is 5.10 Å². The summed E-state index contributed by atoms with van der Waals surface area (Å²) < 4.78 is 7.04. The second-order valence-electron chi connectivity index (χ2n) is 7.67. The molecule has 1 unspecified atom stereocenters. The number of nitrogens with two attached hydrogens (primary N) is 1. The molecule has 1 atom stereocenters. The van der Waals surface area contributed by atoms with Crippen LogP contribution in [0.1, 0.15) is 43.2 Å². The van der Waals surface area contributed by atoms with Crippen LogP contribution in [0.3, 0.4) is 0 Å². The van der Waals surface area contributed by atoms with Crippen molar-refractivity contribution in [3.63, 3.8) is 0 Å². The van der Waals surface area contributed by atoms with E-state index in [1.807, 2.05) is 31.7 Å². The number of methoxy groups -OCH3 is 1. The second kappa shape index (κ2) is 8.08. The van der Waals surface area contributed by atoms with Crippen LogP contribution in [-0.4, -0.2) is 29.1 Å². The van der Waals surface area contributed by atoms with Gasteiger partial charge in [-0.05, 0) is 31.0 Å². The topological polar surface area (TPSA) is 89.5 Å². The molecule has 1 aromatic carbocycles. The lowest BCUT2D eigenvalue weighted by atomic mass is 9.95. The maximum atomic E-state index is 6.68. The Kier molecular flexibility index (Phi) is 5.52. The van der Waals surface area contributed by atoms with Crippen molar-refractivity contribution in [1.29, 1.82) is 0 Å². The number of nitrogens with one attached hydrogen (secondary N) is 2. The summed E-state index contributed by atoms with van der Waals surface area (Å²) in [7, 11) is 3.49. The van der Waals surface area contributed by atoms with Gasteiger partial charge in [0.05, 0.1) is 18.3 Å². The van der Waals surface area contributed by atoms with Gasteiger partial charge in [0.25, 0.3) is 0 Å². The normalized spacial score (nSPS) is 22.5. The van der Waals surface area contributed by atoms with E-state index < -0.39 is 5.79 Å². The maximum Gasteiger partial charge on any atom is 0.210 e. The molecule has 1 aliphatic carbocycles. The van der Waals surface area contributed by atoms with Crippen molar-refractivity contribution in [3.8, 4) is 5.75 Å². The number of aromatic nitrogens is 2. The molecule has 0 amide bonds. The van der Waals surface area contributed by atoms with Crippen molar-refractivity contribution in [2.45, 2.75) is 43.9 Å². The lowest BCUT2D eigenvalue weighted by Gasteiger charge is -2.36. The average molecular weight is 415 g/mol. The van der Waals surface area contributed by atoms with E-state index >= 15 is 0 Å². The van der Waals surface area contributed by atoms with E-state index in [4.69, 9.17) is 22.1 Å². The molecule has 154 valence electrons. The third-order valence-corrected chi connectivity index (χ3v) is 5.84. The number of allylic oxidation sites excluding steroid dienone is 1. The summed E-state index contributed by atoms with van der Waals surface area (Å²) in [4.78, 5) is 4.65. The van der Waals surface area contributed by atoms with E-state index in [1.54, 1.807) is 23.9 Å². The quantitative estimate of drug-likeness (QED) is 0.699. The van der Waals surface area contributed by atoms with Crippen LogP contribution in [-0.2, 0) is 12.8 Å². The van der Waals surface area contributed by atoms with Crippen molar-refractivity contribution in [1.82, 2.24) is 20.4 Å². The van der Waals surface area contributed by atoms with Crippen LogP contribution in [0, 0.1) is 0 Å². The Balaban J connectivity index is 1.68. The summed E-state index contributed by atoms with van der Waals surface area (Å²) in [5, 5.41) is 11.9. The first-order valence-electron chi connectivity index (χ1n) is 9.94. The fourth-order valence-corrected chi connectivity index (χ4v) is 4.17. The van der Waals surface area contributed by atoms with E-state index in [2.05, 4.69) is 20.7 Å². The number of hydrogen-bond acceptors (Lipinski definition) is 6. The molecule has 0 saturated heterocycles. The monoisotopic (exact) mass is 414 g/mol. The number of aryl methyl sites for hydroxylation is 1. The highest BCUT2D eigenvalue weighted by Crippen LogP contribution is 2.32. The van der Waals surface area contributed by atoms with Crippen LogP contribution in [0.2, 0.25) is 5.02 Å². The lowest BCUT2D eigenvalue weighted by Crippen LogP contribution is -2.54. The number of halogens is 1. The summed E-state index contributed by atoms with van der Waals surface area (Å²) in [6.07, 6.45) is 11.7. The first-order chi connectivity index (χ1) is 14.0. The molecule has 1 aliphatic heterocycles. The fourth-order valence-electron chi connectivity index (χ4n) is 3.92. The van der Waals surface area contributed by atoms with Gasteiger partial charge in [0.2, 0.25) is 5.79 Å². The molecule has 1 fully saturated rings. The van der Waals surface area contributed by atoms with Crippen LogP contribution >= 0.6 is 11.6 Å². The van der Waals surface area contributed by atoms with Gasteiger partial charge in [-0.25, -0.2) is 4.99 Å². The highest BCUT2D eigenvalue weighted by atomic mass is 35.5. The van der Waals surface area contributed by atoms with Gasteiger partial charge in [-0.15, -0.1) is 0 Å². The molecule has 0 radical (unpaired) electrons. The summed E-state index contributed by atoms with van der Waals surface area (Å²) >= 11 is 6.33. The zero-order chi connectivity index (χ0) is 20.4. The van der Waals surface area contributed by atoms with Crippen LogP contribution in [0.15, 0.2) is 41.4 Å². The van der Waals surface area contributed by atoms with E-state index in [9.17, 15) is 0 Å². The Hall–Kier alpha value is -2.51. The predicted octanol–water partition coefficient (Wildman–Crippen LogP) is 3.12. The van der Waals surface area contributed by atoms with Crippen LogP contribution in [0.25, 0.3) is 5.57 Å². The predicted molar refractivity (Wildman–Crippen MR) is 116 cm³/mol. The number of ether oxygens (including phenoxy) is 1. The van der Waals surface area contributed by atoms with E-state index in [-0.39, 0.29) is 0 Å². The number of aliphatic imine (C=N–C) groups is 1. The number of rotatable bonds is 5. The van der Waals surface area contributed by atoms with E-state index in [1.165, 1.54) is 19.3 Å². The second-order valence-corrected chi connectivity index (χ2v) is 8.08. The third-order valence-electron chi connectivity index (χ3n) is 5.54. The summed E-state index contributed by atoms with van der Waals surface area (Å²) in [6.45, 7) is 0. The standard InChI is InChI=1S/C21H27ClN6O/c1-28-13-14(11-25-28)17-12-24-21(23,15-8-9-19(29-2)18(22)10-15)27-20(17)26-16-6-4-3-5-7-16/h8-13,16,26-27H,3-7,23H2,1-2H3.